The van der Waals surface area contributed by atoms with Gasteiger partial charge in [0.15, 0.2) is 0 Å². The quantitative estimate of drug-likeness (QED) is 0.391. The summed E-state index contributed by atoms with van der Waals surface area (Å²) >= 11 is 1.70. The van der Waals surface area contributed by atoms with Crippen molar-refractivity contribution in [3.05, 3.63) is 86.9 Å². The average Bonchev–Trinajstić information content (AvgIpc) is 3.60. The van der Waals surface area contributed by atoms with Crippen LogP contribution in [0.5, 0.6) is 5.75 Å². The van der Waals surface area contributed by atoms with Gasteiger partial charge in [-0.1, -0.05) is 17.7 Å². The van der Waals surface area contributed by atoms with Crippen LogP contribution in [0.2, 0.25) is 0 Å². The van der Waals surface area contributed by atoms with E-state index in [4.69, 9.17) is 9.47 Å². The minimum Gasteiger partial charge on any atom is -0.491 e. The fourth-order valence-electron chi connectivity index (χ4n) is 5.29. The van der Waals surface area contributed by atoms with Crippen molar-refractivity contribution in [3.63, 3.8) is 0 Å². The minimum absolute atomic E-state index is 0.0738. The maximum absolute atomic E-state index is 13.8. The lowest BCUT2D eigenvalue weighted by molar-refractivity contribution is -0.135. The summed E-state index contributed by atoms with van der Waals surface area (Å²) in [5.74, 6) is -0.0404. The molecule has 0 unspecified atom stereocenters. The van der Waals surface area contributed by atoms with E-state index in [9.17, 15) is 14.0 Å². The molecule has 5 rings (SSSR count). The Bertz CT molecular complexity index is 1290. The highest BCUT2D eigenvalue weighted by Crippen LogP contribution is 2.34. The van der Waals surface area contributed by atoms with Gasteiger partial charge in [-0.15, -0.1) is 11.3 Å². The predicted octanol–water partition coefficient (Wildman–Crippen LogP) is 5.33. The van der Waals surface area contributed by atoms with Gasteiger partial charge in [-0.3, -0.25) is 9.59 Å². The summed E-state index contributed by atoms with van der Waals surface area (Å²) in [4.78, 5) is 31.9. The van der Waals surface area contributed by atoms with Gasteiger partial charge >= 0.3 is 0 Å². The molecule has 0 saturated carbocycles. The second-order valence-electron chi connectivity index (χ2n) is 10.1. The van der Waals surface area contributed by atoms with E-state index >= 15 is 0 Å². The number of amides is 2. The van der Waals surface area contributed by atoms with Gasteiger partial charge in [0, 0.05) is 30.1 Å². The van der Waals surface area contributed by atoms with E-state index in [0.717, 1.165) is 36.1 Å². The van der Waals surface area contributed by atoms with Crippen molar-refractivity contribution in [2.24, 2.45) is 0 Å². The van der Waals surface area contributed by atoms with E-state index in [1.807, 2.05) is 30.9 Å². The molecule has 1 saturated heterocycles. The van der Waals surface area contributed by atoms with Gasteiger partial charge in [0.05, 0.1) is 12.1 Å². The Kier molecular flexibility index (Phi) is 8.09. The zero-order chi connectivity index (χ0) is 26.6. The molecule has 2 atom stereocenters. The van der Waals surface area contributed by atoms with Crippen LogP contribution >= 0.6 is 11.3 Å². The summed E-state index contributed by atoms with van der Waals surface area (Å²) in [5.41, 5.74) is 3.68. The van der Waals surface area contributed by atoms with Crippen LogP contribution in [-0.4, -0.2) is 60.6 Å². The molecule has 1 fully saturated rings. The van der Waals surface area contributed by atoms with Crippen LogP contribution in [0, 0.1) is 19.7 Å². The Labute approximate surface area is 227 Å². The molecule has 6 nitrogen and oxygen atoms in total. The number of aryl methyl sites for hydroxylation is 2. The Morgan fingerprint density at radius 1 is 1.16 bits per heavy atom. The van der Waals surface area contributed by atoms with Gasteiger partial charge in [0.25, 0.3) is 5.91 Å². The maximum atomic E-state index is 13.8. The highest BCUT2D eigenvalue weighted by Gasteiger charge is 2.34. The Balaban J connectivity index is 1.36. The number of fused-ring (bicyclic) bond motifs is 1. The molecule has 0 aliphatic carbocycles. The zero-order valence-corrected chi connectivity index (χ0v) is 22.6. The van der Waals surface area contributed by atoms with Gasteiger partial charge in [0.2, 0.25) is 5.91 Å². The Morgan fingerprint density at radius 3 is 2.71 bits per heavy atom. The molecule has 2 amide bonds. The van der Waals surface area contributed by atoms with Crippen molar-refractivity contribution < 1.29 is 23.5 Å². The first kappa shape index (κ1) is 26.4. The number of rotatable bonds is 8. The Hall–Kier alpha value is -3.23. The second-order valence-corrected chi connectivity index (χ2v) is 11.1. The van der Waals surface area contributed by atoms with Crippen LogP contribution in [0.25, 0.3) is 0 Å². The molecule has 0 spiro atoms. The third-order valence-electron chi connectivity index (χ3n) is 7.29. The standard InChI is InChI=1S/C30H33FN2O4S/c1-20-5-10-27(21(2)16-20)37-19-26-25-12-15-38-28(25)11-13-33(26)29(34)18-32(17-24-4-3-14-36-24)30(35)22-6-8-23(31)9-7-22/h5-10,12,15-16,24,26H,3-4,11,13-14,17-19H2,1-2H3/t24-,26-/m1/s1. The fraction of sp³-hybridized carbons (Fsp3) is 0.400. The van der Waals surface area contributed by atoms with Crippen LogP contribution in [0.15, 0.2) is 53.9 Å². The number of ether oxygens (including phenoxy) is 2. The summed E-state index contributed by atoms with van der Waals surface area (Å²) in [6, 6.07) is 13.4. The first-order valence-electron chi connectivity index (χ1n) is 13.1. The highest BCUT2D eigenvalue weighted by atomic mass is 32.1. The number of thiophene rings is 1. The monoisotopic (exact) mass is 536 g/mol. The summed E-state index contributed by atoms with van der Waals surface area (Å²) in [7, 11) is 0. The van der Waals surface area contributed by atoms with Crippen LogP contribution < -0.4 is 4.74 Å². The van der Waals surface area contributed by atoms with E-state index in [2.05, 4.69) is 17.5 Å². The van der Waals surface area contributed by atoms with Crippen molar-refractivity contribution in [2.45, 2.75) is 45.3 Å². The predicted molar refractivity (Wildman–Crippen MR) is 145 cm³/mol. The van der Waals surface area contributed by atoms with Crippen molar-refractivity contribution in [1.82, 2.24) is 9.80 Å². The lowest BCUT2D eigenvalue weighted by atomic mass is 10.00. The van der Waals surface area contributed by atoms with Gasteiger partial charge in [0.1, 0.15) is 24.7 Å². The van der Waals surface area contributed by atoms with Crippen molar-refractivity contribution >= 4 is 23.2 Å². The summed E-state index contributed by atoms with van der Waals surface area (Å²) < 4.78 is 25.5. The molecule has 2 aromatic carbocycles. The number of carbonyl (C=O) groups excluding carboxylic acids is 2. The maximum Gasteiger partial charge on any atom is 0.254 e. The van der Waals surface area contributed by atoms with Crippen molar-refractivity contribution in [1.29, 1.82) is 0 Å². The molecule has 200 valence electrons. The normalized spacial score (nSPS) is 18.8. The van der Waals surface area contributed by atoms with Gasteiger partial charge < -0.3 is 19.3 Å². The van der Waals surface area contributed by atoms with Crippen LogP contribution in [0.1, 0.15) is 50.8 Å². The number of halogens is 1. The smallest absolute Gasteiger partial charge is 0.254 e. The van der Waals surface area contributed by atoms with E-state index in [0.29, 0.717) is 31.9 Å². The molecule has 0 N–H and O–H groups in total. The third-order valence-corrected chi connectivity index (χ3v) is 8.29. The molecule has 1 aromatic heterocycles. The topological polar surface area (TPSA) is 59.1 Å². The van der Waals surface area contributed by atoms with E-state index in [-0.39, 0.29) is 30.5 Å². The number of carbonyl (C=O) groups is 2. The molecule has 0 radical (unpaired) electrons. The third kappa shape index (κ3) is 5.92. The largest absolute Gasteiger partial charge is 0.491 e. The molecular formula is C30H33FN2O4S. The fourth-order valence-corrected chi connectivity index (χ4v) is 6.22. The van der Waals surface area contributed by atoms with Gasteiger partial charge in [-0.05, 0) is 86.0 Å². The number of nitrogens with zero attached hydrogens (tertiary/aromatic N) is 2. The first-order chi connectivity index (χ1) is 18.4. The molecule has 2 aliphatic rings. The van der Waals surface area contributed by atoms with Gasteiger partial charge in [-0.25, -0.2) is 4.39 Å². The van der Waals surface area contributed by atoms with Crippen LogP contribution in [0.3, 0.4) is 0 Å². The van der Waals surface area contributed by atoms with Gasteiger partial charge in [-0.2, -0.15) is 0 Å². The minimum atomic E-state index is -0.408. The Morgan fingerprint density at radius 2 is 1.97 bits per heavy atom. The molecule has 8 heteroatoms. The van der Waals surface area contributed by atoms with Crippen molar-refractivity contribution in [2.75, 3.05) is 32.8 Å². The van der Waals surface area contributed by atoms with Crippen LogP contribution in [-0.2, 0) is 16.0 Å². The number of benzene rings is 2. The highest BCUT2D eigenvalue weighted by molar-refractivity contribution is 7.10. The summed E-state index contributed by atoms with van der Waals surface area (Å²) in [5, 5.41) is 2.06. The zero-order valence-electron chi connectivity index (χ0n) is 21.8. The van der Waals surface area contributed by atoms with E-state index in [1.54, 1.807) is 16.2 Å². The molecule has 0 bridgehead atoms. The summed E-state index contributed by atoms with van der Waals surface area (Å²) in [6.07, 6.45) is 2.44. The van der Waals surface area contributed by atoms with E-state index in [1.165, 1.54) is 34.7 Å². The molecule has 38 heavy (non-hydrogen) atoms. The summed E-state index contributed by atoms with van der Waals surface area (Å²) in [6.45, 7) is 5.86. The molecular weight excluding hydrogens is 503 g/mol. The number of hydrogen-bond acceptors (Lipinski definition) is 5. The van der Waals surface area contributed by atoms with E-state index < -0.39 is 5.82 Å². The van der Waals surface area contributed by atoms with Crippen LogP contribution in [0.4, 0.5) is 4.39 Å². The average molecular weight is 537 g/mol. The number of hydrogen-bond donors (Lipinski definition) is 0. The molecule has 3 aromatic rings. The SMILES string of the molecule is Cc1ccc(OC[C@@H]2c3ccsc3CCN2C(=O)CN(C[C@H]2CCCO2)C(=O)c2ccc(F)cc2)c(C)c1. The lowest BCUT2D eigenvalue weighted by Crippen LogP contribution is -2.49. The molecule has 3 heterocycles. The molecule has 2 aliphatic heterocycles. The van der Waals surface area contributed by atoms with Crippen molar-refractivity contribution in [3.8, 4) is 5.75 Å². The second kappa shape index (κ2) is 11.7. The first-order valence-corrected chi connectivity index (χ1v) is 14.0. The lowest BCUT2D eigenvalue weighted by Gasteiger charge is -2.37.